The van der Waals surface area contributed by atoms with Gasteiger partial charge in [0.1, 0.15) is 17.2 Å². The van der Waals surface area contributed by atoms with Gasteiger partial charge in [-0.05, 0) is 73.0 Å². The molecule has 0 saturated carbocycles. The number of piperazine rings is 1. The van der Waals surface area contributed by atoms with E-state index in [0.717, 1.165) is 65.6 Å². The van der Waals surface area contributed by atoms with Crippen molar-refractivity contribution in [3.8, 4) is 0 Å². The van der Waals surface area contributed by atoms with E-state index < -0.39 is 0 Å². The van der Waals surface area contributed by atoms with Gasteiger partial charge in [-0.25, -0.2) is 9.37 Å². The maximum Gasteiger partial charge on any atom is 0.270 e. The normalized spacial score (nSPS) is 14.2. The molecular formula is C34H36FN5O. The van der Waals surface area contributed by atoms with Gasteiger partial charge in [0.2, 0.25) is 0 Å². The highest BCUT2D eigenvalue weighted by Gasteiger charge is 2.21. The number of nitrogens with one attached hydrogen (secondary N) is 1. The molecular weight excluding hydrogens is 513 g/mol. The quantitative estimate of drug-likeness (QED) is 0.244. The minimum Gasteiger partial charge on any atom is -0.368 e. The highest BCUT2D eigenvalue weighted by Crippen LogP contribution is 2.25. The van der Waals surface area contributed by atoms with Gasteiger partial charge < -0.3 is 15.1 Å². The Hall–Kier alpha value is -4.65. The van der Waals surface area contributed by atoms with Crippen LogP contribution < -0.4 is 15.1 Å². The molecule has 210 valence electrons. The zero-order valence-electron chi connectivity index (χ0n) is 23.7. The van der Waals surface area contributed by atoms with Crippen LogP contribution in [0.2, 0.25) is 0 Å². The van der Waals surface area contributed by atoms with Gasteiger partial charge in [-0.15, -0.1) is 0 Å². The standard InChI is InChI=1S/C34H36FN5O/c1-4-8-26(9-5-2)30-10-7-19-40-32(31(6-3)37-33(30)40)34(41)36-24-25-11-15-28(16-12-25)38-20-22-39(23-21-38)29-17-13-27(35)14-18-29/h4-5,7-19H,1,6,20-24H2,2-3H3,(H,36,41)/b9-5-,26-8+. The molecule has 1 fully saturated rings. The summed E-state index contributed by atoms with van der Waals surface area (Å²) >= 11 is 0. The molecule has 0 spiro atoms. The number of carbonyl (C=O) groups is 1. The maximum absolute atomic E-state index is 13.4. The first kappa shape index (κ1) is 27.9. The van der Waals surface area contributed by atoms with Gasteiger partial charge in [0.25, 0.3) is 5.91 Å². The van der Waals surface area contributed by atoms with E-state index in [0.29, 0.717) is 18.7 Å². The van der Waals surface area contributed by atoms with Gasteiger partial charge in [0.05, 0.1) is 5.69 Å². The van der Waals surface area contributed by atoms with E-state index in [1.54, 1.807) is 6.08 Å². The Morgan fingerprint density at radius 2 is 1.63 bits per heavy atom. The minimum atomic E-state index is -0.211. The number of carbonyl (C=O) groups excluding carboxylic acids is 1. The zero-order valence-corrected chi connectivity index (χ0v) is 23.7. The van der Waals surface area contributed by atoms with Crippen molar-refractivity contribution >= 4 is 28.5 Å². The summed E-state index contributed by atoms with van der Waals surface area (Å²) in [6.07, 6.45) is 10.3. The molecule has 1 aliphatic heterocycles. The monoisotopic (exact) mass is 549 g/mol. The number of nitrogens with zero attached hydrogens (tertiary/aromatic N) is 4. The third-order valence-electron chi connectivity index (χ3n) is 7.45. The second-order valence-corrected chi connectivity index (χ2v) is 10.0. The summed E-state index contributed by atoms with van der Waals surface area (Å²) in [5.74, 6) is -0.356. The molecule has 4 aromatic rings. The molecule has 0 aliphatic carbocycles. The van der Waals surface area contributed by atoms with Crippen LogP contribution in [0.25, 0.3) is 11.2 Å². The molecule has 41 heavy (non-hydrogen) atoms. The van der Waals surface area contributed by atoms with Crippen LogP contribution in [0, 0.1) is 5.82 Å². The van der Waals surface area contributed by atoms with Crippen LogP contribution in [-0.4, -0.2) is 41.5 Å². The van der Waals surface area contributed by atoms with E-state index in [1.807, 2.05) is 66.9 Å². The van der Waals surface area contributed by atoms with Crippen molar-refractivity contribution in [3.63, 3.8) is 0 Å². The number of amides is 1. The number of benzene rings is 2. The topological polar surface area (TPSA) is 52.9 Å². The molecule has 5 rings (SSSR count). The van der Waals surface area contributed by atoms with E-state index in [1.165, 1.54) is 12.1 Å². The smallest absolute Gasteiger partial charge is 0.270 e. The third-order valence-corrected chi connectivity index (χ3v) is 7.45. The Kier molecular flexibility index (Phi) is 8.63. The van der Waals surface area contributed by atoms with E-state index in [2.05, 4.69) is 46.0 Å². The predicted octanol–water partition coefficient (Wildman–Crippen LogP) is 6.44. The summed E-state index contributed by atoms with van der Waals surface area (Å²) in [4.78, 5) is 22.9. The van der Waals surface area contributed by atoms with Gasteiger partial charge in [-0.1, -0.05) is 49.9 Å². The molecule has 1 saturated heterocycles. The lowest BCUT2D eigenvalue weighted by Gasteiger charge is -2.37. The average Bonchev–Trinajstić information content (AvgIpc) is 3.40. The molecule has 2 aromatic heterocycles. The van der Waals surface area contributed by atoms with Crippen molar-refractivity contribution in [2.24, 2.45) is 0 Å². The molecule has 1 N–H and O–H groups in total. The largest absolute Gasteiger partial charge is 0.368 e. The lowest BCUT2D eigenvalue weighted by molar-refractivity contribution is 0.0944. The maximum atomic E-state index is 13.4. The summed E-state index contributed by atoms with van der Waals surface area (Å²) < 4.78 is 15.2. The fourth-order valence-electron chi connectivity index (χ4n) is 5.33. The van der Waals surface area contributed by atoms with E-state index in [4.69, 9.17) is 4.98 Å². The Bertz CT molecular complexity index is 1580. The van der Waals surface area contributed by atoms with Crippen LogP contribution >= 0.6 is 0 Å². The van der Waals surface area contributed by atoms with Crippen LogP contribution in [0.4, 0.5) is 15.8 Å². The molecule has 7 heteroatoms. The molecule has 1 aliphatic rings. The number of aromatic nitrogens is 2. The number of aryl methyl sites for hydroxylation is 1. The first-order valence-corrected chi connectivity index (χ1v) is 14.1. The van der Waals surface area contributed by atoms with Crippen molar-refractivity contribution in [2.75, 3.05) is 36.0 Å². The van der Waals surface area contributed by atoms with Crippen molar-refractivity contribution in [3.05, 3.63) is 126 Å². The van der Waals surface area contributed by atoms with Crippen LogP contribution in [0.1, 0.15) is 41.2 Å². The number of imidazole rings is 1. The fraction of sp³-hybridized carbons (Fsp3) is 0.235. The molecule has 0 radical (unpaired) electrons. The fourth-order valence-corrected chi connectivity index (χ4v) is 5.33. The van der Waals surface area contributed by atoms with Gasteiger partial charge in [0.15, 0.2) is 0 Å². The highest BCUT2D eigenvalue weighted by atomic mass is 19.1. The lowest BCUT2D eigenvalue weighted by atomic mass is 10.1. The van der Waals surface area contributed by atoms with Crippen LogP contribution in [-0.2, 0) is 13.0 Å². The molecule has 2 aromatic carbocycles. The lowest BCUT2D eigenvalue weighted by Crippen LogP contribution is -2.46. The molecule has 0 bridgehead atoms. The van der Waals surface area contributed by atoms with Gasteiger partial charge in [-0.3, -0.25) is 9.20 Å². The Labute approximate surface area is 241 Å². The van der Waals surface area contributed by atoms with Gasteiger partial charge in [-0.2, -0.15) is 0 Å². The first-order valence-electron chi connectivity index (χ1n) is 14.1. The van der Waals surface area contributed by atoms with Crippen molar-refractivity contribution in [2.45, 2.75) is 26.8 Å². The molecule has 0 atom stereocenters. The van der Waals surface area contributed by atoms with Gasteiger partial charge in [0, 0.05) is 55.9 Å². The summed E-state index contributed by atoms with van der Waals surface area (Å²) in [6.45, 7) is 11.8. The number of fused-ring (bicyclic) bond motifs is 1. The molecule has 1 amide bonds. The Morgan fingerprint density at radius 3 is 2.22 bits per heavy atom. The van der Waals surface area contributed by atoms with Crippen LogP contribution in [0.3, 0.4) is 0 Å². The van der Waals surface area contributed by atoms with Crippen molar-refractivity contribution < 1.29 is 9.18 Å². The number of hydrogen-bond acceptors (Lipinski definition) is 4. The SMILES string of the molecule is C=C/C=C(\C=C/C)c1cccn2c(C(=O)NCc3ccc(N4CCN(c5ccc(F)cc5)CC4)cc3)c(CC)nc12. The zero-order chi connectivity index (χ0) is 28.8. The predicted molar refractivity (Wildman–Crippen MR) is 166 cm³/mol. The summed E-state index contributed by atoms with van der Waals surface area (Å²) in [6, 6.07) is 19.0. The molecule has 0 unspecified atom stereocenters. The number of hydrogen-bond donors (Lipinski definition) is 1. The van der Waals surface area contributed by atoms with E-state index in [-0.39, 0.29) is 11.7 Å². The Balaban J connectivity index is 1.25. The van der Waals surface area contributed by atoms with E-state index >= 15 is 0 Å². The van der Waals surface area contributed by atoms with Crippen LogP contribution in [0.15, 0.2) is 97.7 Å². The molecule has 6 nitrogen and oxygen atoms in total. The summed E-state index contributed by atoms with van der Waals surface area (Å²) in [5, 5.41) is 3.10. The van der Waals surface area contributed by atoms with Crippen molar-refractivity contribution in [1.82, 2.24) is 14.7 Å². The van der Waals surface area contributed by atoms with Crippen LogP contribution in [0.5, 0.6) is 0 Å². The second-order valence-electron chi connectivity index (χ2n) is 10.0. The Morgan fingerprint density at radius 1 is 1.00 bits per heavy atom. The summed E-state index contributed by atoms with van der Waals surface area (Å²) in [7, 11) is 0. The summed E-state index contributed by atoms with van der Waals surface area (Å²) in [5.41, 5.74) is 7.27. The van der Waals surface area contributed by atoms with Crippen molar-refractivity contribution in [1.29, 1.82) is 0 Å². The number of allylic oxidation sites excluding steroid dienone is 5. The number of rotatable bonds is 9. The molecule has 3 heterocycles. The number of anilines is 2. The van der Waals surface area contributed by atoms with E-state index in [9.17, 15) is 9.18 Å². The third kappa shape index (κ3) is 6.09. The average molecular weight is 550 g/mol. The highest BCUT2D eigenvalue weighted by molar-refractivity contribution is 5.96. The number of pyridine rings is 1. The first-order chi connectivity index (χ1) is 20.0. The minimum absolute atomic E-state index is 0.146. The van der Waals surface area contributed by atoms with Gasteiger partial charge >= 0.3 is 0 Å². The second kappa shape index (κ2) is 12.7. The number of halogens is 1.